The van der Waals surface area contributed by atoms with Gasteiger partial charge in [0.25, 0.3) is 0 Å². The first kappa shape index (κ1) is 16.5. The average Bonchev–Trinajstić information content (AvgIpc) is 2.64. The quantitative estimate of drug-likeness (QED) is 0.900. The second kappa shape index (κ2) is 7.97. The molecule has 2 aromatic rings. The maximum atomic E-state index is 12.3. The van der Waals surface area contributed by atoms with Crippen LogP contribution in [0.1, 0.15) is 6.42 Å². The van der Waals surface area contributed by atoms with Gasteiger partial charge in [0.15, 0.2) is 0 Å². The Labute approximate surface area is 146 Å². The molecule has 1 amide bonds. The molecule has 0 aliphatic carbocycles. The number of aromatic nitrogens is 2. The molecule has 0 unspecified atom stereocenters. The lowest BCUT2D eigenvalue weighted by Crippen LogP contribution is -2.49. The first-order valence-corrected chi connectivity index (χ1v) is 8.39. The molecule has 2 aromatic heterocycles. The van der Waals surface area contributed by atoms with Crippen LogP contribution in [-0.4, -0.2) is 53.5 Å². The van der Waals surface area contributed by atoms with Crippen LogP contribution >= 0.6 is 11.6 Å². The van der Waals surface area contributed by atoms with Gasteiger partial charge in [0, 0.05) is 51.5 Å². The van der Waals surface area contributed by atoms with Crippen molar-refractivity contribution in [3.8, 4) is 0 Å². The number of carbonyl (C=O) groups is 1. The zero-order valence-electron chi connectivity index (χ0n) is 13.4. The van der Waals surface area contributed by atoms with E-state index in [1.165, 1.54) is 0 Å². The molecule has 3 rings (SSSR count). The summed E-state index contributed by atoms with van der Waals surface area (Å²) >= 11 is 5.79. The number of carbonyl (C=O) groups excluding carboxylic acids is 1. The molecule has 0 atom stereocenters. The van der Waals surface area contributed by atoms with Gasteiger partial charge in [-0.05, 0) is 24.3 Å². The number of pyridine rings is 2. The molecule has 1 N–H and O–H groups in total. The van der Waals surface area contributed by atoms with Crippen molar-refractivity contribution >= 4 is 29.1 Å². The molecular formula is C17H20ClN5O. The van der Waals surface area contributed by atoms with Gasteiger partial charge < -0.3 is 15.1 Å². The Balaban J connectivity index is 1.41. The van der Waals surface area contributed by atoms with E-state index in [-0.39, 0.29) is 5.91 Å². The summed E-state index contributed by atoms with van der Waals surface area (Å²) in [5.74, 6) is 1.87. The standard InChI is InChI=1S/C17H20ClN5O/c18-14-4-5-15(21-13-14)19-8-6-17(24)23-11-9-22(10-12-23)16-3-1-2-7-20-16/h1-5,7,13H,6,8-12H2,(H,19,21). The van der Waals surface area contributed by atoms with Gasteiger partial charge in [-0.15, -0.1) is 0 Å². The van der Waals surface area contributed by atoms with Crippen LogP contribution in [-0.2, 0) is 4.79 Å². The van der Waals surface area contributed by atoms with E-state index in [1.54, 1.807) is 24.5 Å². The summed E-state index contributed by atoms with van der Waals surface area (Å²) in [6.07, 6.45) is 3.83. The van der Waals surface area contributed by atoms with Crippen molar-refractivity contribution in [1.29, 1.82) is 0 Å². The minimum atomic E-state index is 0.164. The van der Waals surface area contributed by atoms with E-state index in [0.29, 0.717) is 18.0 Å². The molecule has 0 bridgehead atoms. The maximum absolute atomic E-state index is 12.3. The van der Waals surface area contributed by atoms with Crippen molar-refractivity contribution < 1.29 is 4.79 Å². The van der Waals surface area contributed by atoms with Crippen LogP contribution in [0.5, 0.6) is 0 Å². The molecule has 1 aliphatic heterocycles. The van der Waals surface area contributed by atoms with E-state index in [0.717, 1.165) is 37.8 Å². The Hall–Kier alpha value is -2.34. The van der Waals surface area contributed by atoms with Crippen LogP contribution in [0.25, 0.3) is 0 Å². The van der Waals surface area contributed by atoms with Crippen LogP contribution in [0.3, 0.4) is 0 Å². The third-order valence-electron chi connectivity index (χ3n) is 3.98. The number of nitrogens with zero attached hydrogens (tertiary/aromatic N) is 4. The highest BCUT2D eigenvalue weighted by Crippen LogP contribution is 2.13. The second-order valence-corrected chi connectivity index (χ2v) is 6.03. The molecule has 1 saturated heterocycles. The highest BCUT2D eigenvalue weighted by molar-refractivity contribution is 6.30. The van der Waals surface area contributed by atoms with Gasteiger partial charge in [-0.2, -0.15) is 0 Å². The predicted octanol–water partition coefficient (Wildman–Crippen LogP) is 2.28. The molecule has 1 aliphatic rings. The fraction of sp³-hybridized carbons (Fsp3) is 0.353. The average molecular weight is 346 g/mol. The zero-order chi connectivity index (χ0) is 16.8. The van der Waals surface area contributed by atoms with Crippen molar-refractivity contribution in [3.63, 3.8) is 0 Å². The molecule has 1 fully saturated rings. The van der Waals surface area contributed by atoms with E-state index in [9.17, 15) is 4.79 Å². The summed E-state index contributed by atoms with van der Waals surface area (Å²) < 4.78 is 0. The molecule has 0 radical (unpaired) electrons. The van der Waals surface area contributed by atoms with Crippen LogP contribution in [0.15, 0.2) is 42.7 Å². The van der Waals surface area contributed by atoms with Crippen molar-refractivity contribution in [2.75, 3.05) is 42.9 Å². The van der Waals surface area contributed by atoms with Crippen molar-refractivity contribution in [2.24, 2.45) is 0 Å². The second-order valence-electron chi connectivity index (χ2n) is 5.59. The Bertz CT molecular complexity index is 656. The molecule has 0 aromatic carbocycles. The molecule has 24 heavy (non-hydrogen) atoms. The zero-order valence-corrected chi connectivity index (χ0v) is 14.1. The fourth-order valence-corrected chi connectivity index (χ4v) is 2.77. The van der Waals surface area contributed by atoms with Crippen LogP contribution < -0.4 is 10.2 Å². The normalized spacial score (nSPS) is 14.5. The summed E-state index contributed by atoms with van der Waals surface area (Å²) in [5.41, 5.74) is 0. The Morgan fingerprint density at radius 2 is 1.96 bits per heavy atom. The number of anilines is 2. The van der Waals surface area contributed by atoms with Gasteiger partial charge in [-0.3, -0.25) is 4.79 Å². The van der Waals surface area contributed by atoms with Gasteiger partial charge >= 0.3 is 0 Å². The minimum Gasteiger partial charge on any atom is -0.370 e. The van der Waals surface area contributed by atoms with Gasteiger partial charge in [0.1, 0.15) is 11.6 Å². The lowest BCUT2D eigenvalue weighted by molar-refractivity contribution is -0.131. The Morgan fingerprint density at radius 1 is 1.12 bits per heavy atom. The van der Waals surface area contributed by atoms with Crippen molar-refractivity contribution in [1.82, 2.24) is 14.9 Å². The van der Waals surface area contributed by atoms with Gasteiger partial charge in [-0.25, -0.2) is 9.97 Å². The Morgan fingerprint density at radius 3 is 2.62 bits per heavy atom. The number of nitrogens with one attached hydrogen (secondary N) is 1. The minimum absolute atomic E-state index is 0.164. The third-order valence-corrected chi connectivity index (χ3v) is 4.20. The summed E-state index contributed by atoms with van der Waals surface area (Å²) in [6, 6.07) is 9.47. The number of rotatable bonds is 5. The number of hydrogen-bond acceptors (Lipinski definition) is 5. The number of amides is 1. The van der Waals surface area contributed by atoms with E-state index >= 15 is 0 Å². The number of hydrogen-bond donors (Lipinski definition) is 1. The summed E-state index contributed by atoms with van der Waals surface area (Å²) in [7, 11) is 0. The summed E-state index contributed by atoms with van der Waals surface area (Å²) in [6.45, 7) is 3.65. The monoisotopic (exact) mass is 345 g/mol. The lowest BCUT2D eigenvalue weighted by Gasteiger charge is -2.35. The first-order chi connectivity index (χ1) is 11.7. The molecular weight excluding hydrogens is 326 g/mol. The highest BCUT2D eigenvalue weighted by atomic mass is 35.5. The smallest absolute Gasteiger partial charge is 0.224 e. The Kier molecular flexibility index (Phi) is 5.48. The maximum Gasteiger partial charge on any atom is 0.224 e. The molecule has 7 heteroatoms. The first-order valence-electron chi connectivity index (χ1n) is 8.01. The molecule has 0 saturated carbocycles. The van der Waals surface area contributed by atoms with E-state index in [2.05, 4.69) is 20.2 Å². The van der Waals surface area contributed by atoms with Crippen LogP contribution in [0.2, 0.25) is 5.02 Å². The lowest BCUT2D eigenvalue weighted by atomic mass is 10.2. The van der Waals surface area contributed by atoms with Crippen molar-refractivity contribution in [2.45, 2.75) is 6.42 Å². The van der Waals surface area contributed by atoms with Crippen LogP contribution in [0, 0.1) is 0 Å². The molecule has 126 valence electrons. The fourth-order valence-electron chi connectivity index (χ4n) is 2.66. The highest BCUT2D eigenvalue weighted by Gasteiger charge is 2.21. The van der Waals surface area contributed by atoms with Gasteiger partial charge in [-0.1, -0.05) is 17.7 Å². The third kappa shape index (κ3) is 4.35. The van der Waals surface area contributed by atoms with Gasteiger partial charge in [0.05, 0.1) is 5.02 Å². The molecule has 6 nitrogen and oxygen atoms in total. The summed E-state index contributed by atoms with van der Waals surface area (Å²) in [5, 5.41) is 3.74. The van der Waals surface area contributed by atoms with Crippen LogP contribution in [0.4, 0.5) is 11.6 Å². The van der Waals surface area contributed by atoms with E-state index < -0.39 is 0 Å². The molecule has 0 spiro atoms. The van der Waals surface area contributed by atoms with E-state index in [1.807, 2.05) is 23.1 Å². The largest absolute Gasteiger partial charge is 0.370 e. The van der Waals surface area contributed by atoms with Gasteiger partial charge in [0.2, 0.25) is 5.91 Å². The van der Waals surface area contributed by atoms with E-state index in [4.69, 9.17) is 11.6 Å². The molecule has 3 heterocycles. The number of piperazine rings is 1. The predicted molar refractivity (Wildman–Crippen MR) is 95.4 cm³/mol. The SMILES string of the molecule is O=C(CCNc1ccc(Cl)cn1)N1CCN(c2ccccn2)CC1. The number of halogens is 1. The topological polar surface area (TPSA) is 61.4 Å². The van der Waals surface area contributed by atoms with Crippen molar-refractivity contribution in [3.05, 3.63) is 47.7 Å². The summed E-state index contributed by atoms with van der Waals surface area (Å²) in [4.78, 5) is 24.9.